The Morgan fingerprint density at radius 1 is 1.19 bits per heavy atom. The molecule has 0 spiro atoms. The number of benzene rings is 2. The van der Waals surface area contributed by atoms with Crippen molar-refractivity contribution in [2.75, 3.05) is 7.11 Å². The van der Waals surface area contributed by atoms with Gasteiger partial charge in [0.2, 0.25) is 0 Å². The minimum atomic E-state index is -0.372. The first-order valence-corrected chi connectivity index (χ1v) is 8.01. The van der Waals surface area contributed by atoms with Crippen molar-refractivity contribution in [3.05, 3.63) is 64.1 Å². The Hall–Kier alpha value is -1.32. The molecule has 0 radical (unpaired) electrons. The largest absolute Gasteiger partial charge is 0.497 e. The van der Waals surface area contributed by atoms with E-state index in [4.69, 9.17) is 4.74 Å². The van der Waals surface area contributed by atoms with Crippen LogP contribution >= 0.6 is 15.9 Å². The Kier molecular flexibility index (Phi) is 4.05. The van der Waals surface area contributed by atoms with Gasteiger partial charge in [0.1, 0.15) is 5.75 Å². The molecule has 1 N–H and O–H groups in total. The van der Waals surface area contributed by atoms with Crippen LogP contribution in [0, 0.1) is 0 Å². The van der Waals surface area contributed by atoms with E-state index < -0.39 is 0 Å². The van der Waals surface area contributed by atoms with Crippen LogP contribution in [-0.4, -0.2) is 18.3 Å². The van der Waals surface area contributed by atoms with Gasteiger partial charge < -0.3 is 9.84 Å². The van der Waals surface area contributed by atoms with E-state index in [1.807, 2.05) is 36.4 Å². The SMILES string of the molecule is COc1ccc(Br)c(CC(O)C2(c3ccccc3)CC2)c1. The fourth-order valence-corrected chi connectivity index (χ4v) is 3.37. The number of halogens is 1. The first-order valence-electron chi connectivity index (χ1n) is 7.22. The lowest BCUT2D eigenvalue weighted by molar-refractivity contribution is 0.131. The Morgan fingerprint density at radius 3 is 2.52 bits per heavy atom. The minimum absolute atomic E-state index is 0.0657. The predicted octanol–water partition coefficient (Wildman–Crippen LogP) is 4.09. The smallest absolute Gasteiger partial charge is 0.119 e. The molecule has 2 aromatic rings. The summed E-state index contributed by atoms with van der Waals surface area (Å²) < 4.78 is 6.29. The highest BCUT2D eigenvalue weighted by Gasteiger charge is 2.50. The van der Waals surface area contributed by atoms with Crippen molar-refractivity contribution >= 4 is 15.9 Å². The van der Waals surface area contributed by atoms with Crippen LogP contribution < -0.4 is 4.74 Å². The molecule has 0 bridgehead atoms. The van der Waals surface area contributed by atoms with E-state index in [-0.39, 0.29) is 11.5 Å². The zero-order valence-corrected chi connectivity index (χ0v) is 13.6. The fourth-order valence-electron chi connectivity index (χ4n) is 2.96. The van der Waals surface area contributed by atoms with Gasteiger partial charge in [0.05, 0.1) is 13.2 Å². The van der Waals surface area contributed by atoms with Gasteiger partial charge in [-0.15, -0.1) is 0 Å². The molecule has 2 nitrogen and oxygen atoms in total. The lowest BCUT2D eigenvalue weighted by atomic mass is 9.86. The van der Waals surface area contributed by atoms with Gasteiger partial charge in [-0.3, -0.25) is 0 Å². The van der Waals surface area contributed by atoms with Crippen molar-refractivity contribution in [2.45, 2.75) is 30.8 Å². The molecule has 0 aromatic heterocycles. The quantitative estimate of drug-likeness (QED) is 0.883. The first-order chi connectivity index (χ1) is 10.2. The van der Waals surface area contributed by atoms with Gasteiger partial charge in [-0.2, -0.15) is 0 Å². The number of hydrogen-bond acceptors (Lipinski definition) is 2. The Balaban J connectivity index is 1.82. The molecular weight excluding hydrogens is 328 g/mol. The molecule has 0 heterocycles. The van der Waals surface area contributed by atoms with E-state index in [0.29, 0.717) is 6.42 Å². The summed E-state index contributed by atoms with van der Waals surface area (Å²) >= 11 is 3.56. The zero-order valence-electron chi connectivity index (χ0n) is 12.1. The van der Waals surface area contributed by atoms with Crippen LogP contribution in [0.2, 0.25) is 0 Å². The maximum Gasteiger partial charge on any atom is 0.119 e. The van der Waals surface area contributed by atoms with Crippen molar-refractivity contribution in [1.82, 2.24) is 0 Å². The number of aliphatic hydroxyl groups is 1. The molecule has 21 heavy (non-hydrogen) atoms. The van der Waals surface area contributed by atoms with E-state index >= 15 is 0 Å². The second kappa shape index (κ2) is 5.82. The zero-order chi connectivity index (χ0) is 14.9. The molecule has 1 unspecified atom stereocenters. The van der Waals surface area contributed by atoms with Gasteiger partial charge in [0, 0.05) is 16.3 Å². The highest BCUT2D eigenvalue weighted by atomic mass is 79.9. The summed E-state index contributed by atoms with van der Waals surface area (Å²) in [7, 11) is 1.66. The monoisotopic (exact) mass is 346 g/mol. The van der Waals surface area contributed by atoms with Crippen LogP contribution in [0.25, 0.3) is 0 Å². The summed E-state index contributed by atoms with van der Waals surface area (Å²) in [4.78, 5) is 0. The van der Waals surface area contributed by atoms with Gasteiger partial charge in [-0.25, -0.2) is 0 Å². The van der Waals surface area contributed by atoms with E-state index in [0.717, 1.165) is 28.6 Å². The lowest BCUT2D eigenvalue weighted by Gasteiger charge is -2.23. The van der Waals surface area contributed by atoms with Crippen LogP contribution in [0.15, 0.2) is 53.0 Å². The van der Waals surface area contributed by atoms with Gasteiger partial charge >= 0.3 is 0 Å². The summed E-state index contributed by atoms with van der Waals surface area (Å²) in [6.07, 6.45) is 2.37. The standard InChI is InChI=1S/C18H19BrO2/c1-21-15-7-8-16(19)13(11-15)12-17(20)18(9-10-18)14-5-3-2-4-6-14/h2-8,11,17,20H,9-10,12H2,1H3. The molecule has 1 atom stereocenters. The summed E-state index contributed by atoms with van der Waals surface area (Å²) in [5.74, 6) is 0.824. The van der Waals surface area contributed by atoms with Gasteiger partial charge in [-0.05, 0) is 42.2 Å². The van der Waals surface area contributed by atoms with Crippen LogP contribution in [0.3, 0.4) is 0 Å². The Morgan fingerprint density at radius 2 is 1.90 bits per heavy atom. The average molecular weight is 347 g/mol. The van der Waals surface area contributed by atoms with Crippen LogP contribution in [0.1, 0.15) is 24.0 Å². The molecule has 110 valence electrons. The third-order valence-corrected chi connectivity index (χ3v) is 5.22. The molecule has 0 amide bonds. The first kappa shape index (κ1) is 14.6. The highest BCUT2D eigenvalue weighted by molar-refractivity contribution is 9.10. The Labute approximate surface area is 133 Å². The van der Waals surface area contributed by atoms with Crippen LogP contribution in [0.4, 0.5) is 0 Å². The normalized spacial score (nSPS) is 17.3. The number of ether oxygens (including phenoxy) is 1. The molecule has 1 aliphatic rings. The van der Waals surface area contributed by atoms with E-state index in [1.165, 1.54) is 5.56 Å². The number of methoxy groups -OCH3 is 1. The van der Waals surface area contributed by atoms with E-state index in [2.05, 4.69) is 28.1 Å². The van der Waals surface area contributed by atoms with Crippen molar-refractivity contribution in [3.63, 3.8) is 0 Å². The molecule has 3 rings (SSSR count). The predicted molar refractivity (Wildman–Crippen MR) is 87.8 cm³/mol. The Bertz CT molecular complexity index is 620. The van der Waals surface area contributed by atoms with Gasteiger partial charge in [-0.1, -0.05) is 46.3 Å². The topological polar surface area (TPSA) is 29.5 Å². The summed E-state index contributed by atoms with van der Waals surface area (Å²) in [6.45, 7) is 0. The maximum atomic E-state index is 10.8. The molecule has 1 aliphatic carbocycles. The molecular formula is C18H19BrO2. The molecule has 3 heteroatoms. The number of aliphatic hydroxyl groups excluding tert-OH is 1. The summed E-state index contributed by atoms with van der Waals surface area (Å²) in [5.41, 5.74) is 2.27. The molecule has 0 saturated heterocycles. The van der Waals surface area contributed by atoms with Crippen LogP contribution in [0.5, 0.6) is 5.75 Å². The highest BCUT2D eigenvalue weighted by Crippen LogP contribution is 2.51. The van der Waals surface area contributed by atoms with E-state index in [9.17, 15) is 5.11 Å². The molecule has 1 saturated carbocycles. The van der Waals surface area contributed by atoms with Crippen molar-refractivity contribution < 1.29 is 9.84 Å². The van der Waals surface area contributed by atoms with Gasteiger partial charge in [0.25, 0.3) is 0 Å². The summed E-state index contributed by atoms with van der Waals surface area (Å²) in [6, 6.07) is 16.2. The van der Waals surface area contributed by atoms with Gasteiger partial charge in [0.15, 0.2) is 0 Å². The third kappa shape index (κ3) is 2.85. The van der Waals surface area contributed by atoms with Crippen molar-refractivity contribution in [1.29, 1.82) is 0 Å². The minimum Gasteiger partial charge on any atom is -0.497 e. The van der Waals surface area contributed by atoms with E-state index in [1.54, 1.807) is 7.11 Å². The number of hydrogen-bond donors (Lipinski definition) is 1. The average Bonchev–Trinajstić information content (AvgIpc) is 3.32. The molecule has 1 fully saturated rings. The lowest BCUT2D eigenvalue weighted by Crippen LogP contribution is -2.28. The van der Waals surface area contributed by atoms with Crippen LogP contribution in [-0.2, 0) is 11.8 Å². The fraction of sp³-hybridized carbons (Fsp3) is 0.333. The molecule has 0 aliphatic heterocycles. The van der Waals surface area contributed by atoms with Crippen molar-refractivity contribution in [2.24, 2.45) is 0 Å². The van der Waals surface area contributed by atoms with Crippen molar-refractivity contribution in [3.8, 4) is 5.75 Å². The third-order valence-electron chi connectivity index (χ3n) is 4.44. The second-order valence-electron chi connectivity index (χ2n) is 5.70. The summed E-state index contributed by atoms with van der Waals surface area (Å²) in [5, 5.41) is 10.8. The second-order valence-corrected chi connectivity index (χ2v) is 6.55. The number of rotatable bonds is 5. The molecule has 2 aromatic carbocycles. The maximum absolute atomic E-state index is 10.8.